The van der Waals surface area contributed by atoms with Crippen LogP contribution in [0.4, 0.5) is 0 Å². The molecule has 25 heavy (non-hydrogen) atoms. The molecule has 3 heterocycles. The number of ether oxygens (including phenoxy) is 1. The Morgan fingerprint density at radius 2 is 2.36 bits per heavy atom. The quantitative estimate of drug-likeness (QED) is 0.793. The molecule has 0 bridgehead atoms. The number of nitrogens with one attached hydrogen (secondary N) is 1. The van der Waals surface area contributed by atoms with Gasteiger partial charge >= 0.3 is 0 Å². The van der Waals surface area contributed by atoms with Crippen molar-refractivity contribution in [3.63, 3.8) is 0 Å². The Kier molecular flexibility index (Phi) is 3.95. The van der Waals surface area contributed by atoms with Crippen LogP contribution in [-0.2, 0) is 24.2 Å². The number of methoxy groups -OCH3 is 1. The number of fused-ring (bicyclic) bond motifs is 2. The molecule has 1 amide bonds. The summed E-state index contributed by atoms with van der Waals surface area (Å²) in [5.41, 5.74) is 2.66. The summed E-state index contributed by atoms with van der Waals surface area (Å²) in [7, 11) is 1.62. The molecular formula is C19H21N3O3. The van der Waals surface area contributed by atoms with Crippen LogP contribution in [0.5, 0.6) is 5.75 Å². The minimum Gasteiger partial charge on any atom is -0.497 e. The fourth-order valence-corrected chi connectivity index (χ4v) is 3.48. The van der Waals surface area contributed by atoms with Crippen molar-refractivity contribution in [2.45, 2.75) is 38.8 Å². The normalized spacial score (nSPS) is 16.6. The zero-order valence-corrected chi connectivity index (χ0v) is 14.4. The molecule has 2 aromatic heterocycles. The van der Waals surface area contributed by atoms with Crippen LogP contribution in [0.2, 0.25) is 0 Å². The van der Waals surface area contributed by atoms with Crippen LogP contribution in [-0.4, -0.2) is 28.6 Å². The van der Waals surface area contributed by atoms with Crippen molar-refractivity contribution < 1.29 is 13.9 Å². The summed E-state index contributed by atoms with van der Waals surface area (Å²) >= 11 is 0. The molecule has 0 fully saturated rings. The summed E-state index contributed by atoms with van der Waals surface area (Å²) in [5.74, 6) is 1.87. The van der Waals surface area contributed by atoms with Crippen LogP contribution in [0.25, 0.3) is 11.0 Å². The fraction of sp³-hybridized carbons (Fsp3) is 0.368. The predicted octanol–water partition coefficient (Wildman–Crippen LogP) is 2.62. The van der Waals surface area contributed by atoms with Gasteiger partial charge in [0, 0.05) is 42.2 Å². The summed E-state index contributed by atoms with van der Waals surface area (Å²) in [6.45, 7) is 2.78. The number of carbonyl (C=O) groups excluding carboxylic acids is 1. The Morgan fingerprint density at radius 1 is 1.48 bits per heavy atom. The molecule has 0 radical (unpaired) electrons. The second-order valence-corrected chi connectivity index (χ2v) is 6.55. The van der Waals surface area contributed by atoms with Gasteiger partial charge < -0.3 is 19.0 Å². The highest BCUT2D eigenvalue weighted by Gasteiger charge is 2.21. The maximum absolute atomic E-state index is 12.5. The van der Waals surface area contributed by atoms with Crippen molar-refractivity contribution in [2.24, 2.45) is 0 Å². The highest BCUT2D eigenvalue weighted by molar-refractivity contribution is 5.88. The zero-order valence-electron chi connectivity index (χ0n) is 14.4. The van der Waals surface area contributed by atoms with E-state index in [-0.39, 0.29) is 11.9 Å². The Hall–Kier alpha value is -2.76. The molecule has 1 aliphatic heterocycles. The third-order valence-electron chi connectivity index (χ3n) is 4.69. The monoisotopic (exact) mass is 339 g/mol. The van der Waals surface area contributed by atoms with Crippen molar-refractivity contribution in [2.75, 3.05) is 7.11 Å². The number of rotatable bonds is 4. The summed E-state index contributed by atoms with van der Waals surface area (Å²) in [4.78, 5) is 17.0. The van der Waals surface area contributed by atoms with Crippen molar-refractivity contribution in [3.05, 3.63) is 47.7 Å². The number of hydrogen-bond donors (Lipinski definition) is 1. The van der Waals surface area contributed by atoms with Crippen molar-refractivity contribution in [1.82, 2.24) is 14.9 Å². The van der Waals surface area contributed by atoms with Crippen LogP contribution in [0.3, 0.4) is 0 Å². The first-order valence-electron chi connectivity index (χ1n) is 8.48. The standard InChI is InChI=1S/C19H21N3O3/c1-12-9-22-10-14(3-6-18(22)20-12)21-19(23)7-13-11-25-17-8-15(24-2)4-5-16(13)17/h4-5,8-9,11,14H,3,6-7,10H2,1-2H3,(H,21,23). The molecule has 0 aliphatic carbocycles. The minimum absolute atomic E-state index is 0.0174. The average molecular weight is 339 g/mol. The van der Waals surface area contributed by atoms with Crippen molar-refractivity contribution in [3.8, 4) is 5.75 Å². The molecule has 1 atom stereocenters. The SMILES string of the molecule is COc1ccc2c(CC(=O)NC3CCc4nc(C)cn4C3)coc2c1. The molecule has 4 rings (SSSR count). The largest absolute Gasteiger partial charge is 0.497 e. The lowest BCUT2D eigenvalue weighted by atomic mass is 10.1. The molecule has 1 N–H and O–H groups in total. The molecule has 0 spiro atoms. The number of aromatic nitrogens is 2. The predicted molar refractivity (Wildman–Crippen MR) is 93.7 cm³/mol. The molecule has 0 saturated heterocycles. The second-order valence-electron chi connectivity index (χ2n) is 6.55. The van der Waals surface area contributed by atoms with E-state index in [4.69, 9.17) is 9.15 Å². The highest BCUT2D eigenvalue weighted by Crippen LogP contribution is 2.26. The number of furan rings is 1. The topological polar surface area (TPSA) is 69.3 Å². The van der Waals surface area contributed by atoms with Gasteiger partial charge in [-0.25, -0.2) is 4.98 Å². The number of hydrogen-bond acceptors (Lipinski definition) is 4. The van der Waals surface area contributed by atoms with Gasteiger partial charge in [-0.05, 0) is 25.5 Å². The minimum atomic E-state index is 0.0174. The first-order valence-corrected chi connectivity index (χ1v) is 8.48. The van der Waals surface area contributed by atoms with E-state index < -0.39 is 0 Å². The summed E-state index contributed by atoms with van der Waals surface area (Å²) in [6.07, 6.45) is 5.83. The molecule has 3 aromatic rings. The van der Waals surface area contributed by atoms with Crippen LogP contribution in [0.1, 0.15) is 23.5 Å². The first-order chi connectivity index (χ1) is 12.1. The van der Waals surface area contributed by atoms with Gasteiger partial charge in [0.2, 0.25) is 5.91 Å². The Bertz CT molecular complexity index is 925. The van der Waals surface area contributed by atoms with E-state index in [9.17, 15) is 4.79 Å². The van der Waals surface area contributed by atoms with Gasteiger partial charge in [0.25, 0.3) is 0 Å². The summed E-state index contributed by atoms with van der Waals surface area (Å²) in [6, 6.07) is 5.79. The van der Waals surface area contributed by atoms with Crippen LogP contribution >= 0.6 is 0 Å². The summed E-state index contributed by atoms with van der Waals surface area (Å²) < 4.78 is 12.9. The molecule has 130 valence electrons. The van der Waals surface area contributed by atoms with E-state index in [1.165, 1.54) is 0 Å². The number of carbonyl (C=O) groups is 1. The van der Waals surface area contributed by atoms with E-state index >= 15 is 0 Å². The number of imidazole rings is 1. The van der Waals surface area contributed by atoms with Gasteiger partial charge in [-0.15, -0.1) is 0 Å². The van der Waals surface area contributed by atoms with Crippen molar-refractivity contribution >= 4 is 16.9 Å². The maximum atomic E-state index is 12.5. The first kappa shape index (κ1) is 15.7. The number of amides is 1. The van der Waals surface area contributed by atoms with Crippen LogP contribution < -0.4 is 10.1 Å². The van der Waals surface area contributed by atoms with Gasteiger partial charge in [-0.1, -0.05) is 0 Å². The number of nitrogens with zero attached hydrogens (tertiary/aromatic N) is 2. The highest BCUT2D eigenvalue weighted by atomic mass is 16.5. The third-order valence-corrected chi connectivity index (χ3v) is 4.69. The lowest BCUT2D eigenvalue weighted by Crippen LogP contribution is -2.41. The lowest BCUT2D eigenvalue weighted by Gasteiger charge is -2.24. The van der Waals surface area contributed by atoms with E-state index in [2.05, 4.69) is 14.9 Å². The molecule has 1 aromatic carbocycles. The Labute approximate surface area is 145 Å². The molecule has 6 nitrogen and oxygen atoms in total. The third kappa shape index (κ3) is 3.12. The van der Waals surface area contributed by atoms with Crippen LogP contribution in [0.15, 0.2) is 35.1 Å². The van der Waals surface area contributed by atoms with E-state index in [0.29, 0.717) is 6.42 Å². The van der Waals surface area contributed by atoms with E-state index in [1.54, 1.807) is 13.4 Å². The van der Waals surface area contributed by atoms with E-state index in [1.807, 2.05) is 31.3 Å². The smallest absolute Gasteiger partial charge is 0.224 e. The molecular weight excluding hydrogens is 318 g/mol. The van der Waals surface area contributed by atoms with Gasteiger partial charge in [0.05, 0.1) is 25.5 Å². The van der Waals surface area contributed by atoms with Gasteiger partial charge in [-0.3, -0.25) is 4.79 Å². The molecule has 0 saturated carbocycles. The average Bonchev–Trinajstić information content (AvgIpc) is 3.16. The van der Waals surface area contributed by atoms with Crippen LogP contribution in [0, 0.1) is 6.92 Å². The summed E-state index contributed by atoms with van der Waals surface area (Å²) in [5, 5.41) is 4.09. The Morgan fingerprint density at radius 3 is 3.20 bits per heavy atom. The molecule has 6 heteroatoms. The van der Waals surface area contributed by atoms with Gasteiger partial charge in [0.15, 0.2) is 0 Å². The zero-order chi connectivity index (χ0) is 17.4. The van der Waals surface area contributed by atoms with E-state index in [0.717, 1.165) is 53.2 Å². The van der Waals surface area contributed by atoms with Crippen molar-refractivity contribution in [1.29, 1.82) is 0 Å². The second kappa shape index (κ2) is 6.27. The Balaban J connectivity index is 1.43. The molecule has 1 aliphatic rings. The molecule has 1 unspecified atom stereocenters. The fourth-order valence-electron chi connectivity index (χ4n) is 3.48. The maximum Gasteiger partial charge on any atom is 0.224 e. The number of benzene rings is 1. The van der Waals surface area contributed by atoms with Gasteiger partial charge in [0.1, 0.15) is 17.2 Å². The lowest BCUT2D eigenvalue weighted by molar-refractivity contribution is -0.121. The van der Waals surface area contributed by atoms with Gasteiger partial charge in [-0.2, -0.15) is 0 Å². The number of aryl methyl sites for hydroxylation is 2.